The van der Waals surface area contributed by atoms with Crippen LogP contribution in [0.25, 0.3) is 0 Å². The van der Waals surface area contributed by atoms with Gasteiger partial charge in [-0.25, -0.2) is 0 Å². The lowest BCUT2D eigenvalue weighted by molar-refractivity contribution is 0.405. The van der Waals surface area contributed by atoms with Gasteiger partial charge in [0.15, 0.2) is 5.82 Å². The summed E-state index contributed by atoms with van der Waals surface area (Å²) in [6, 6.07) is 15.7. The van der Waals surface area contributed by atoms with Gasteiger partial charge in [-0.05, 0) is 24.6 Å². The van der Waals surface area contributed by atoms with Crippen molar-refractivity contribution in [1.29, 1.82) is 0 Å². The monoisotopic (exact) mass is 351 g/mol. The number of nitrogens with one attached hydrogen (secondary N) is 2. The average molecular weight is 351 g/mol. The van der Waals surface area contributed by atoms with Crippen molar-refractivity contribution in [3.63, 3.8) is 0 Å². The Bertz CT molecular complexity index is 858. The molecule has 7 nitrogen and oxygen atoms in total. The predicted octanol–water partition coefficient (Wildman–Crippen LogP) is 3.81. The molecule has 0 amide bonds. The molecule has 1 aromatic heterocycles. The number of aromatic nitrogens is 3. The summed E-state index contributed by atoms with van der Waals surface area (Å²) in [6.45, 7) is 2.07. The van der Waals surface area contributed by atoms with Crippen LogP contribution >= 0.6 is 0 Å². The third-order valence-corrected chi connectivity index (χ3v) is 3.88. The number of rotatable bonds is 7. The van der Waals surface area contributed by atoms with Gasteiger partial charge in [-0.2, -0.15) is 10.1 Å². The number of ether oxygens (including phenoxy) is 2. The van der Waals surface area contributed by atoms with E-state index < -0.39 is 0 Å². The Balaban J connectivity index is 1.77. The lowest BCUT2D eigenvalue weighted by atomic mass is 10.1. The third-order valence-electron chi connectivity index (χ3n) is 3.88. The summed E-state index contributed by atoms with van der Waals surface area (Å²) in [5.74, 6) is 2.35. The molecule has 1 heterocycles. The molecule has 3 aromatic rings. The van der Waals surface area contributed by atoms with Gasteiger partial charge >= 0.3 is 0 Å². The van der Waals surface area contributed by atoms with E-state index in [0.29, 0.717) is 29.0 Å². The minimum absolute atomic E-state index is 0.0899. The minimum Gasteiger partial charge on any atom is -0.497 e. The van der Waals surface area contributed by atoms with Crippen LogP contribution in [0.4, 0.5) is 17.5 Å². The van der Waals surface area contributed by atoms with Gasteiger partial charge in [0.25, 0.3) is 0 Å². The van der Waals surface area contributed by atoms with E-state index in [4.69, 9.17) is 9.47 Å². The Hall–Kier alpha value is -3.35. The topological polar surface area (TPSA) is 81.2 Å². The maximum atomic E-state index is 5.36. The zero-order valence-corrected chi connectivity index (χ0v) is 14.9. The van der Waals surface area contributed by atoms with Crippen LogP contribution in [0.2, 0.25) is 0 Å². The molecule has 26 heavy (non-hydrogen) atoms. The molecular formula is C19H21N5O2. The van der Waals surface area contributed by atoms with Gasteiger partial charge < -0.3 is 20.1 Å². The maximum absolute atomic E-state index is 5.36. The van der Waals surface area contributed by atoms with Crippen LogP contribution in [0.3, 0.4) is 0 Å². The van der Waals surface area contributed by atoms with E-state index in [2.05, 4.69) is 44.9 Å². The van der Waals surface area contributed by atoms with Crippen LogP contribution in [-0.2, 0) is 0 Å². The summed E-state index contributed by atoms with van der Waals surface area (Å²) in [7, 11) is 3.21. The fourth-order valence-corrected chi connectivity index (χ4v) is 2.51. The molecule has 0 spiro atoms. The Kier molecular flexibility index (Phi) is 5.48. The highest BCUT2D eigenvalue weighted by atomic mass is 16.5. The van der Waals surface area contributed by atoms with Gasteiger partial charge in [0.2, 0.25) is 5.95 Å². The fraction of sp³-hybridized carbons (Fsp3) is 0.211. The molecule has 0 saturated carbocycles. The Morgan fingerprint density at radius 2 is 1.81 bits per heavy atom. The second-order valence-corrected chi connectivity index (χ2v) is 5.63. The maximum Gasteiger partial charge on any atom is 0.249 e. The number of nitrogens with zero attached hydrogens (tertiary/aromatic N) is 3. The molecule has 0 bridgehead atoms. The van der Waals surface area contributed by atoms with Crippen LogP contribution in [0.5, 0.6) is 11.5 Å². The molecule has 0 aliphatic rings. The Labute approximate surface area is 152 Å². The van der Waals surface area contributed by atoms with E-state index in [1.807, 2.05) is 36.4 Å². The zero-order chi connectivity index (χ0) is 18.4. The minimum atomic E-state index is 0.0899. The van der Waals surface area contributed by atoms with E-state index in [0.717, 1.165) is 5.56 Å². The number of hydrogen-bond donors (Lipinski definition) is 2. The predicted molar refractivity (Wildman–Crippen MR) is 101 cm³/mol. The van der Waals surface area contributed by atoms with Crippen molar-refractivity contribution < 1.29 is 9.47 Å². The molecule has 2 aromatic carbocycles. The van der Waals surface area contributed by atoms with E-state index in [1.54, 1.807) is 20.4 Å². The van der Waals surface area contributed by atoms with Crippen LogP contribution < -0.4 is 20.1 Å². The fourth-order valence-electron chi connectivity index (χ4n) is 2.51. The first-order chi connectivity index (χ1) is 12.7. The van der Waals surface area contributed by atoms with Gasteiger partial charge in [0, 0.05) is 12.1 Å². The van der Waals surface area contributed by atoms with Crippen molar-refractivity contribution in [3.8, 4) is 11.5 Å². The summed E-state index contributed by atoms with van der Waals surface area (Å²) in [4.78, 5) is 4.47. The summed E-state index contributed by atoms with van der Waals surface area (Å²) in [5.41, 5.74) is 1.86. The Morgan fingerprint density at radius 3 is 2.54 bits per heavy atom. The number of methoxy groups -OCH3 is 2. The van der Waals surface area contributed by atoms with Crippen molar-refractivity contribution >= 4 is 17.5 Å². The average Bonchev–Trinajstić information content (AvgIpc) is 2.69. The van der Waals surface area contributed by atoms with Crippen molar-refractivity contribution in [1.82, 2.24) is 15.2 Å². The van der Waals surface area contributed by atoms with Crippen LogP contribution in [0.15, 0.2) is 54.7 Å². The molecule has 3 rings (SSSR count). The highest BCUT2D eigenvalue weighted by molar-refractivity contribution is 5.65. The number of anilines is 3. The standard InChI is InChI=1S/C19H21N5O2/c1-13(14-7-5-4-6-8-14)21-18-12-20-24-19(23-18)22-16-11-15(25-2)9-10-17(16)26-3/h4-13H,1-3H3,(H2,21,22,23,24). The normalized spacial score (nSPS) is 11.5. The first kappa shape index (κ1) is 17.5. The molecule has 2 N–H and O–H groups in total. The highest BCUT2D eigenvalue weighted by Gasteiger charge is 2.10. The Morgan fingerprint density at radius 1 is 1.00 bits per heavy atom. The van der Waals surface area contributed by atoms with Crippen molar-refractivity contribution in [2.75, 3.05) is 24.9 Å². The summed E-state index contributed by atoms with van der Waals surface area (Å²) >= 11 is 0. The second kappa shape index (κ2) is 8.15. The molecular weight excluding hydrogens is 330 g/mol. The number of hydrogen-bond acceptors (Lipinski definition) is 7. The van der Waals surface area contributed by atoms with E-state index in [1.165, 1.54) is 0 Å². The largest absolute Gasteiger partial charge is 0.497 e. The zero-order valence-electron chi connectivity index (χ0n) is 14.9. The van der Waals surface area contributed by atoms with Gasteiger partial charge in [-0.15, -0.1) is 5.10 Å². The molecule has 0 radical (unpaired) electrons. The van der Waals surface area contributed by atoms with Gasteiger partial charge in [0.1, 0.15) is 11.5 Å². The van der Waals surface area contributed by atoms with Crippen molar-refractivity contribution in [2.24, 2.45) is 0 Å². The molecule has 134 valence electrons. The second-order valence-electron chi connectivity index (χ2n) is 5.63. The van der Waals surface area contributed by atoms with E-state index in [-0.39, 0.29) is 6.04 Å². The molecule has 1 unspecified atom stereocenters. The quantitative estimate of drug-likeness (QED) is 0.670. The molecule has 1 atom stereocenters. The van der Waals surface area contributed by atoms with Crippen molar-refractivity contribution in [3.05, 3.63) is 60.3 Å². The summed E-state index contributed by atoms with van der Waals surface area (Å²) < 4.78 is 10.6. The summed E-state index contributed by atoms with van der Waals surface area (Å²) in [6.07, 6.45) is 1.59. The van der Waals surface area contributed by atoms with Crippen LogP contribution in [0, 0.1) is 0 Å². The van der Waals surface area contributed by atoms with E-state index in [9.17, 15) is 0 Å². The van der Waals surface area contributed by atoms with Gasteiger partial charge in [0.05, 0.1) is 26.1 Å². The summed E-state index contributed by atoms with van der Waals surface area (Å²) in [5, 5.41) is 14.5. The first-order valence-electron chi connectivity index (χ1n) is 8.20. The van der Waals surface area contributed by atoms with Crippen LogP contribution in [-0.4, -0.2) is 29.4 Å². The smallest absolute Gasteiger partial charge is 0.249 e. The lowest BCUT2D eigenvalue weighted by Gasteiger charge is -2.15. The molecule has 0 aliphatic carbocycles. The molecule has 0 fully saturated rings. The van der Waals surface area contributed by atoms with E-state index >= 15 is 0 Å². The molecule has 0 aliphatic heterocycles. The molecule has 0 saturated heterocycles. The van der Waals surface area contributed by atoms with Gasteiger partial charge in [-0.1, -0.05) is 30.3 Å². The number of benzene rings is 2. The molecule has 7 heteroatoms. The highest BCUT2D eigenvalue weighted by Crippen LogP contribution is 2.30. The lowest BCUT2D eigenvalue weighted by Crippen LogP contribution is -2.10. The van der Waals surface area contributed by atoms with Crippen molar-refractivity contribution in [2.45, 2.75) is 13.0 Å². The first-order valence-corrected chi connectivity index (χ1v) is 8.20. The van der Waals surface area contributed by atoms with Crippen LogP contribution in [0.1, 0.15) is 18.5 Å². The van der Waals surface area contributed by atoms with Gasteiger partial charge in [-0.3, -0.25) is 0 Å². The SMILES string of the molecule is COc1ccc(OC)c(Nc2nncc(NC(C)c3ccccc3)n2)c1. The third kappa shape index (κ3) is 4.18.